The first-order valence-corrected chi connectivity index (χ1v) is 8.24. The van der Waals surface area contributed by atoms with Crippen LogP contribution in [0.2, 0.25) is 0 Å². The fourth-order valence-electron chi connectivity index (χ4n) is 2.31. The number of hydrogen-bond acceptors (Lipinski definition) is 4. The molecule has 2 aromatic rings. The molecule has 25 heavy (non-hydrogen) atoms. The van der Waals surface area contributed by atoms with Gasteiger partial charge in [-0.15, -0.1) is 0 Å². The number of amides is 3. The minimum absolute atomic E-state index is 0.172. The molecule has 3 amide bonds. The summed E-state index contributed by atoms with van der Waals surface area (Å²) in [5, 5.41) is 4.60. The SMILES string of the molecule is COc1cc(C=C2NC(=O)NC2=O)c(Br)cc1OCc1ccccc1. The van der Waals surface area contributed by atoms with Gasteiger partial charge in [-0.2, -0.15) is 0 Å². The molecule has 0 aromatic heterocycles. The van der Waals surface area contributed by atoms with Crippen LogP contribution in [0.3, 0.4) is 0 Å². The molecule has 0 radical (unpaired) electrons. The van der Waals surface area contributed by atoms with Crippen LogP contribution in [0.1, 0.15) is 11.1 Å². The van der Waals surface area contributed by atoms with E-state index in [-0.39, 0.29) is 5.70 Å². The van der Waals surface area contributed by atoms with E-state index < -0.39 is 11.9 Å². The number of nitrogens with one attached hydrogen (secondary N) is 2. The number of imide groups is 1. The van der Waals surface area contributed by atoms with E-state index in [1.54, 1.807) is 25.3 Å². The monoisotopic (exact) mass is 402 g/mol. The highest BCUT2D eigenvalue weighted by Gasteiger charge is 2.23. The molecule has 3 rings (SSSR count). The Balaban J connectivity index is 1.84. The summed E-state index contributed by atoms with van der Waals surface area (Å²) in [5.41, 5.74) is 1.89. The molecule has 2 N–H and O–H groups in total. The van der Waals surface area contributed by atoms with Gasteiger partial charge in [-0.25, -0.2) is 4.79 Å². The molecule has 0 aliphatic carbocycles. The first kappa shape index (κ1) is 17.0. The second-order valence-electron chi connectivity index (χ2n) is 5.27. The van der Waals surface area contributed by atoms with Gasteiger partial charge in [0.05, 0.1) is 7.11 Å². The van der Waals surface area contributed by atoms with Crippen molar-refractivity contribution in [3.8, 4) is 11.5 Å². The summed E-state index contributed by atoms with van der Waals surface area (Å²) in [6.45, 7) is 0.405. The highest BCUT2D eigenvalue weighted by Crippen LogP contribution is 2.35. The number of benzene rings is 2. The third kappa shape index (κ3) is 4.00. The minimum atomic E-state index is -0.540. The fraction of sp³-hybridized carbons (Fsp3) is 0.111. The zero-order valence-corrected chi connectivity index (χ0v) is 14.9. The van der Waals surface area contributed by atoms with E-state index in [4.69, 9.17) is 9.47 Å². The Labute approximate surface area is 153 Å². The van der Waals surface area contributed by atoms with Gasteiger partial charge in [0, 0.05) is 4.47 Å². The van der Waals surface area contributed by atoms with Crippen LogP contribution in [0.4, 0.5) is 4.79 Å². The topological polar surface area (TPSA) is 76.7 Å². The van der Waals surface area contributed by atoms with Crippen molar-refractivity contribution in [1.29, 1.82) is 0 Å². The molecule has 128 valence electrons. The molecular formula is C18H15BrN2O4. The van der Waals surface area contributed by atoms with Gasteiger partial charge < -0.3 is 14.8 Å². The second kappa shape index (κ2) is 7.40. The number of hydrogen-bond donors (Lipinski definition) is 2. The predicted octanol–water partition coefficient (Wildman–Crippen LogP) is 3.22. The number of urea groups is 1. The molecule has 0 atom stereocenters. The van der Waals surface area contributed by atoms with Gasteiger partial charge in [0.15, 0.2) is 11.5 Å². The number of ether oxygens (including phenoxy) is 2. The van der Waals surface area contributed by atoms with Crippen LogP contribution in [-0.4, -0.2) is 19.0 Å². The maximum Gasteiger partial charge on any atom is 0.326 e. The van der Waals surface area contributed by atoms with Gasteiger partial charge in [0.1, 0.15) is 12.3 Å². The lowest BCUT2D eigenvalue weighted by atomic mass is 10.1. The minimum Gasteiger partial charge on any atom is -0.493 e. The Bertz CT molecular complexity index is 850. The molecule has 0 saturated carbocycles. The summed E-state index contributed by atoms with van der Waals surface area (Å²) in [6.07, 6.45) is 1.56. The van der Waals surface area contributed by atoms with Crippen molar-refractivity contribution in [3.05, 3.63) is 63.8 Å². The van der Waals surface area contributed by atoms with Crippen molar-refractivity contribution in [3.63, 3.8) is 0 Å². The van der Waals surface area contributed by atoms with Gasteiger partial charge in [-0.05, 0) is 29.3 Å². The smallest absolute Gasteiger partial charge is 0.326 e. The van der Waals surface area contributed by atoms with E-state index in [1.807, 2.05) is 30.3 Å². The van der Waals surface area contributed by atoms with E-state index in [9.17, 15) is 9.59 Å². The molecule has 2 aromatic carbocycles. The molecule has 1 aliphatic rings. The Hall–Kier alpha value is -2.80. The van der Waals surface area contributed by atoms with Crippen LogP contribution in [0.25, 0.3) is 6.08 Å². The fourth-order valence-corrected chi connectivity index (χ4v) is 2.74. The maximum atomic E-state index is 11.6. The first-order valence-electron chi connectivity index (χ1n) is 7.45. The zero-order chi connectivity index (χ0) is 17.8. The molecule has 1 aliphatic heterocycles. The predicted molar refractivity (Wildman–Crippen MR) is 96.1 cm³/mol. The quantitative estimate of drug-likeness (QED) is 0.594. The standard InChI is InChI=1S/C18H15BrN2O4/c1-24-15-8-12(7-14-17(22)21-18(23)20-14)13(19)9-16(15)25-10-11-5-3-2-4-6-11/h2-9H,10H2,1H3,(H2,20,21,22,23). The normalized spacial score (nSPS) is 15.0. The Morgan fingerprint density at radius 2 is 1.84 bits per heavy atom. The lowest BCUT2D eigenvalue weighted by Gasteiger charge is -2.13. The highest BCUT2D eigenvalue weighted by molar-refractivity contribution is 9.10. The van der Waals surface area contributed by atoms with E-state index in [2.05, 4.69) is 26.6 Å². The number of carbonyl (C=O) groups excluding carboxylic acids is 2. The number of halogens is 1. The summed E-state index contributed by atoms with van der Waals surface area (Å²) < 4.78 is 11.9. The Morgan fingerprint density at radius 3 is 2.48 bits per heavy atom. The number of rotatable bonds is 5. The summed E-state index contributed by atoms with van der Waals surface area (Å²) in [5.74, 6) is 0.622. The van der Waals surface area contributed by atoms with Crippen LogP contribution >= 0.6 is 15.9 Å². The average molecular weight is 403 g/mol. The van der Waals surface area contributed by atoms with Crippen molar-refractivity contribution in [1.82, 2.24) is 10.6 Å². The van der Waals surface area contributed by atoms with Crippen LogP contribution in [0.15, 0.2) is 52.6 Å². The van der Waals surface area contributed by atoms with Crippen LogP contribution in [0, 0.1) is 0 Å². The average Bonchev–Trinajstić information content (AvgIpc) is 2.93. The summed E-state index contributed by atoms with van der Waals surface area (Å²) in [7, 11) is 1.54. The number of methoxy groups -OCH3 is 1. The summed E-state index contributed by atoms with van der Waals surface area (Å²) in [4.78, 5) is 22.8. The maximum absolute atomic E-state index is 11.6. The largest absolute Gasteiger partial charge is 0.493 e. The summed E-state index contributed by atoms with van der Waals surface area (Å²) >= 11 is 3.45. The van der Waals surface area contributed by atoms with Crippen molar-refractivity contribution in [2.75, 3.05) is 7.11 Å². The van der Waals surface area contributed by atoms with Gasteiger partial charge in [-0.3, -0.25) is 10.1 Å². The van der Waals surface area contributed by atoms with Gasteiger partial charge in [-0.1, -0.05) is 46.3 Å². The van der Waals surface area contributed by atoms with Gasteiger partial charge in [0.25, 0.3) is 5.91 Å². The van der Waals surface area contributed by atoms with E-state index in [0.717, 1.165) is 5.56 Å². The molecule has 1 saturated heterocycles. The Morgan fingerprint density at radius 1 is 1.08 bits per heavy atom. The lowest BCUT2D eigenvalue weighted by Crippen LogP contribution is -2.22. The molecule has 1 heterocycles. The first-order chi connectivity index (χ1) is 12.1. The van der Waals surface area contributed by atoms with Crippen LogP contribution < -0.4 is 20.1 Å². The molecule has 1 fully saturated rings. The van der Waals surface area contributed by atoms with Crippen molar-refractivity contribution < 1.29 is 19.1 Å². The lowest BCUT2D eigenvalue weighted by molar-refractivity contribution is -0.115. The van der Waals surface area contributed by atoms with Gasteiger partial charge in [0.2, 0.25) is 0 Å². The number of carbonyl (C=O) groups is 2. The third-order valence-corrected chi connectivity index (χ3v) is 4.23. The van der Waals surface area contributed by atoms with E-state index in [1.165, 1.54) is 0 Å². The Kier molecular flexibility index (Phi) is 5.04. The third-order valence-electron chi connectivity index (χ3n) is 3.54. The van der Waals surface area contributed by atoms with Gasteiger partial charge >= 0.3 is 6.03 Å². The zero-order valence-electron chi connectivity index (χ0n) is 13.3. The second-order valence-corrected chi connectivity index (χ2v) is 6.12. The molecular weight excluding hydrogens is 388 g/mol. The molecule has 0 unspecified atom stereocenters. The van der Waals surface area contributed by atoms with Crippen molar-refractivity contribution >= 4 is 33.9 Å². The van der Waals surface area contributed by atoms with Crippen LogP contribution in [-0.2, 0) is 11.4 Å². The van der Waals surface area contributed by atoms with Crippen LogP contribution in [0.5, 0.6) is 11.5 Å². The molecule has 0 spiro atoms. The molecule has 6 nitrogen and oxygen atoms in total. The van der Waals surface area contributed by atoms with E-state index >= 15 is 0 Å². The van der Waals surface area contributed by atoms with Crippen molar-refractivity contribution in [2.45, 2.75) is 6.61 Å². The van der Waals surface area contributed by atoms with Crippen molar-refractivity contribution in [2.24, 2.45) is 0 Å². The van der Waals surface area contributed by atoms with E-state index in [0.29, 0.717) is 28.1 Å². The highest BCUT2D eigenvalue weighted by atomic mass is 79.9. The molecule has 7 heteroatoms. The molecule has 0 bridgehead atoms. The summed E-state index contributed by atoms with van der Waals surface area (Å²) in [6, 6.07) is 12.7.